The standard InChI is InChI=1S/C8H12O3/c1-5-2-7(5)8(9)11-6-3-10-4-6/h5-7H,2-4H2,1H3. The molecule has 62 valence electrons. The van der Waals surface area contributed by atoms with E-state index in [9.17, 15) is 4.79 Å². The molecule has 0 aromatic heterocycles. The lowest BCUT2D eigenvalue weighted by Gasteiger charge is -2.25. The largest absolute Gasteiger partial charge is 0.457 e. The number of hydrogen-bond acceptors (Lipinski definition) is 3. The minimum Gasteiger partial charge on any atom is -0.457 e. The molecule has 0 N–H and O–H groups in total. The lowest BCUT2D eigenvalue weighted by atomic mass is 10.3. The first-order valence-electron chi connectivity index (χ1n) is 4.05. The molecule has 1 saturated heterocycles. The normalized spacial score (nSPS) is 36.1. The number of esters is 1. The van der Waals surface area contributed by atoms with Crippen LogP contribution in [0.3, 0.4) is 0 Å². The fourth-order valence-electron chi connectivity index (χ4n) is 1.18. The second-order valence-electron chi connectivity index (χ2n) is 3.42. The predicted molar refractivity (Wildman–Crippen MR) is 38.0 cm³/mol. The van der Waals surface area contributed by atoms with Crippen LogP contribution in [0.15, 0.2) is 0 Å². The van der Waals surface area contributed by atoms with Crippen molar-refractivity contribution in [2.75, 3.05) is 13.2 Å². The molecule has 1 aliphatic heterocycles. The van der Waals surface area contributed by atoms with E-state index in [2.05, 4.69) is 6.92 Å². The summed E-state index contributed by atoms with van der Waals surface area (Å²) in [5, 5.41) is 0. The van der Waals surface area contributed by atoms with E-state index in [4.69, 9.17) is 9.47 Å². The summed E-state index contributed by atoms with van der Waals surface area (Å²) in [6.45, 7) is 3.25. The minimum absolute atomic E-state index is 0.0224. The van der Waals surface area contributed by atoms with Crippen molar-refractivity contribution in [2.45, 2.75) is 19.4 Å². The molecule has 0 aromatic rings. The summed E-state index contributed by atoms with van der Waals surface area (Å²) < 4.78 is 10.0. The Balaban J connectivity index is 1.73. The molecule has 1 heterocycles. The SMILES string of the molecule is CC1CC1C(=O)OC1COC1. The Morgan fingerprint density at radius 1 is 1.55 bits per heavy atom. The van der Waals surface area contributed by atoms with E-state index in [-0.39, 0.29) is 18.0 Å². The molecule has 1 saturated carbocycles. The monoisotopic (exact) mass is 156 g/mol. The third-order valence-electron chi connectivity index (χ3n) is 2.30. The number of ether oxygens (including phenoxy) is 2. The lowest BCUT2D eigenvalue weighted by molar-refractivity contribution is -0.173. The average molecular weight is 156 g/mol. The van der Waals surface area contributed by atoms with Crippen LogP contribution in [0.25, 0.3) is 0 Å². The van der Waals surface area contributed by atoms with Crippen molar-refractivity contribution in [3.63, 3.8) is 0 Å². The molecule has 2 aliphatic rings. The molecule has 2 fully saturated rings. The van der Waals surface area contributed by atoms with Crippen molar-refractivity contribution in [1.29, 1.82) is 0 Å². The third kappa shape index (κ3) is 1.38. The topological polar surface area (TPSA) is 35.5 Å². The van der Waals surface area contributed by atoms with E-state index in [0.29, 0.717) is 19.1 Å². The highest BCUT2D eigenvalue weighted by atomic mass is 16.6. The molecule has 2 unspecified atom stereocenters. The Labute approximate surface area is 65.7 Å². The molecular formula is C8H12O3. The summed E-state index contributed by atoms with van der Waals surface area (Å²) in [7, 11) is 0. The van der Waals surface area contributed by atoms with Crippen LogP contribution in [-0.4, -0.2) is 25.3 Å². The second kappa shape index (κ2) is 2.48. The average Bonchev–Trinajstić information content (AvgIpc) is 2.57. The zero-order chi connectivity index (χ0) is 7.84. The fourth-order valence-corrected chi connectivity index (χ4v) is 1.18. The van der Waals surface area contributed by atoms with Crippen molar-refractivity contribution < 1.29 is 14.3 Å². The highest BCUT2D eigenvalue weighted by Gasteiger charge is 2.42. The predicted octanol–water partition coefficient (Wildman–Crippen LogP) is 0.584. The Bertz CT molecular complexity index is 174. The van der Waals surface area contributed by atoms with E-state index < -0.39 is 0 Å². The van der Waals surface area contributed by atoms with Crippen molar-refractivity contribution in [3.05, 3.63) is 0 Å². The molecule has 0 aromatic carbocycles. The van der Waals surface area contributed by atoms with Crippen LogP contribution in [0.4, 0.5) is 0 Å². The van der Waals surface area contributed by atoms with E-state index >= 15 is 0 Å². The van der Waals surface area contributed by atoms with Gasteiger partial charge in [-0.15, -0.1) is 0 Å². The first-order chi connectivity index (χ1) is 5.27. The van der Waals surface area contributed by atoms with E-state index in [1.165, 1.54) is 0 Å². The highest BCUT2D eigenvalue weighted by molar-refractivity contribution is 5.75. The summed E-state index contributed by atoms with van der Waals surface area (Å²) >= 11 is 0. The third-order valence-corrected chi connectivity index (χ3v) is 2.30. The Morgan fingerprint density at radius 3 is 2.55 bits per heavy atom. The molecule has 0 bridgehead atoms. The summed E-state index contributed by atoms with van der Waals surface area (Å²) in [6.07, 6.45) is 1.06. The van der Waals surface area contributed by atoms with Gasteiger partial charge in [0.1, 0.15) is 6.10 Å². The van der Waals surface area contributed by atoms with Crippen molar-refractivity contribution in [2.24, 2.45) is 11.8 Å². The van der Waals surface area contributed by atoms with Crippen molar-refractivity contribution in [3.8, 4) is 0 Å². The molecular weight excluding hydrogens is 144 g/mol. The van der Waals surface area contributed by atoms with Crippen molar-refractivity contribution >= 4 is 5.97 Å². The maximum atomic E-state index is 11.1. The van der Waals surface area contributed by atoms with Crippen LogP contribution in [0.2, 0.25) is 0 Å². The maximum Gasteiger partial charge on any atom is 0.309 e. The Hall–Kier alpha value is -0.570. The van der Waals surface area contributed by atoms with Gasteiger partial charge in [-0.3, -0.25) is 4.79 Å². The molecule has 3 heteroatoms. The van der Waals surface area contributed by atoms with Gasteiger partial charge in [0, 0.05) is 0 Å². The first-order valence-corrected chi connectivity index (χ1v) is 4.05. The van der Waals surface area contributed by atoms with Gasteiger partial charge in [-0.05, 0) is 12.3 Å². The van der Waals surface area contributed by atoms with Gasteiger partial charge in [-0.2, -0.15) is 0 Å². The van der Waals surface area contributed by atoms with Gasteiger partial charge >= 0.3 is 5.97 Å². The van der Waals surface area contributed by atoms with Crippen molar-refractivity contribution in [1.82, 2.24) is 0 Å². The maximum absolute atomic E-state index is 11.1. The molecule has 11 heavy (non-hydrogen) atoms. The highest BCUT2D eigenvalue weighted by Crippen LogP contribution is 2.39. The minimum atomic E-state index is -0.0224. The van der Waals surface area contributed by atoms with Gasteiger partial charge in [0.15, 0.2) is 0 Å². The fraction of sp³-hybridized carbons (Fsp3) is 0.875. The van der Waals surface area contributed by atoms with Crippen LogP contribution in [0, 0.1) is 11.8 Å². The molecule has 3 nitrogen and oxygen atoms in total. The molecule has 0 radical (unpaired) electrons. The van der Waals surface area contributed by atoms with Gasteiger partial charge in [0.05, 0.1) is 19.1 Å². The van der Waals surface area contributed by atoms with E-state index in [1.54, 1.807) is 0 Å². The summed E-state index contributed by atoms with van der Waals surface area (Å²) in [4.78, 5) is 11.1. The van der Waals surface area contributed by atoms with E-state index in [0.717, 1.165) is 6.42 Å². The van der Waals surface area contributed by atoms with Crippen LogP contribution in [-0.2, 0) is 14.3 Å². The molecule has 0 amide bonds. The quantitative estimate of drug-likeness (QED) is 0.549. The van der Waals surface area contributed by atoms with Crippen LogP contribution >= 0.6 is 0 Å². The Morgan fingerprint density at radius 2 is 2.18 bits per heavy atom. The lowest BCUT2D eigenvalue weighted by Crippen LogP contribution is -2.38. The van der Waals surface area contributed by atoms with Gasteiger partial charge < -0.3 is 9.47 Å². The van der Waals surface area contributed by atoms with Crippen LogP contribution < -0.4 is 0 Å². The van der Waals surface area contributed by atoms with Gasteiger partial charge in [0.25, 0.3) is 0 Å². The number of carbonyl (C=O) groups is 1. The zero-order valence-electron chi connectivity index (χ0n) is 6.58. The Kier molecular flexibility index (Phi) is 1.60. The number of rotatable bonds is 2. The molecule has 0 spiro atoms. The molecule has 2 atom stereocenters. The number of hydrogen-bond donors (Lipinski definition) is 0. The van der Waals surface area contributed by atoms with Crippen LogP contribution in [0.1, 0.15) is 13.3 Å². The van der Waals surface area contributed by atoms with Crippen LogP contribution in [0.5, 0.6) is 0 Å². The summed E-state index contributed by atoms with van der Waals surface area (Å²) in [5.74, 6) is 0.713. The van der Waals surface area contributed by atoms with E-state index in [1.807, 2.05) is 0 Å². The molecule has 1 aliphatic carbocycles. The van der Waals surface area contributed by atoms with Gasteiger partial charge in [-0.25, -0.2) is 0 Å². The molecule has 2 rings (SSSR count). The van der Waals surface area contributed by atoms with Gasteiger partial charge in [-0.1, -0.05) is 6.92 Å². The smallest absolute Gasteiger partial charge is 0.309 e. The number of carbonyl (C=O) groups excluding carboxylic acids is 1. The summed E-state index contributed by atoms with van der Waals surface area (Å²) in [5.41, 5.74) is 0. The first kappa shape index (κ1) is 7.10. The summed E-state index contributed by atoms with van der Waals surface area (Å²) in [6, 6.07) is 0. The second-order valence-corrected chi connectivity index (χ2v) is 3.42. The zero-order valence-corrected chi connectivity index (χ0v) is 6.58. The van der Waals surface area contributed by atoms with Gasteiger partial charge in [0.2, 0.25) is 0 Å².